The van der Waals surface area contributed by atoms with Gasteiger partial charge >= 0.3 is 0 Å². The van der Waals surface area contributed by atoms with Crippen molar-refractivity contribution in [2.24, 2.45) is 0 Å². The summed E-state index contributed by atoms with van der Waals surface area (Å²) in [7, 11) is -2.16. The Morgan fingerprint density at radius 3 is 2.67 bits per heavy atom. The number of amides is 1. The number of sulfonamides is 1. The number of rotatable bonds is 7. The van der Waals surface area contributed by atoms with E-state index in [1.165, 1.54) is 13.2 Å². The molecule has 1 heterocycles. The average molecular weight is 433 g/mol. The predicted molar refractivity (Wildman–Crippen MR) is 98.1 cm³/mol. The number of ether oxygens (including phenoxy) is 1. The highest BCUT2D eigenvalue weighted by atomic mass is 79.9. The zero-order chi connectivity index (χ0) is 17.7. The predicted octanol–water partition coefficient (Wildman–Crippen LogP) is 3.17. The molecule has 1 aromatic carbocycles. The van der Waals surface area contributed by atoms with Crippen molar-refractivity contribution >= 4 is 48.9 Å². The molecule has 0 radical (unpaired) electrons. The van der Waals surface area contributed by atoms with Gasteiger partial charge in [0.15, 0.2) is 0 Å². The van der Waals surface area contributed by atoms with Crippen LogP contribution in [0.2, 0.25) is 0 Å². The maximum atomic E-state index is 12.6. The second-order valence-corrected chi connectivity index (χ2v) is 9.40. The quantitative estimate of drug-likeness (QED) is 0.728. The Kier molecular flexibility index (Phi) is 6.39. The maximum Gasteiger partial charge on any atom is 0.253 e. The molecule has 2 aromatic rings. The number of halogens is 1. The van der Waals surface area contributed by atoms with E-state index in [0.717, 1.165) is 19.4 Å². The molecule has 1 aromatic heterocycles. The Balaban J connectivity index is 2.10. The van der Waals surface area contributed by atoms with Gasteiger partial charge in [-0.05, 0) is 40.2 Å². The Morgan fingerprint density at radius 1 is 1.33 bits per heavy atom. The molecule has 0 atom stereocenters. The van der Waals surface area contributed by atoms with Crippen molar-refractivity contribution in [3.8, 4) is 5.75 Å². The normalized spacial score (nSPS) is 11.5. The van der Waals surface area contributed by atoms with E-state index in [1.807, 2.05) is 0 Å². The van der Waals surface area contributed by atoms with Gasteiger partial charge in [0.2, 0.25) is 5.91 Å². The van der Waals surface area contributed by atoms with E-state index in [1.54, 1.807) is 37.3 Å². The number of anilines is 1. The van der Waals surface area contributed by atoms with Crippen LogP contribution in [0.3, 0.4) is 0 Å². The lowest BCUT2D eigenvalue weighted by Gasteiger charge is -2.19. The van der Waals surface area contributed by atoms with Crippen molar-refractivity contribution in [2.75, 3.05) is 25.5 Å². The lowest BCUT2D eigenvalue weighted by Crippen LogP contribution is -2.37. The summed E-state index contributed by atoms with van der Waals surface area (Å²) in [5, 5.41) is 2.68. The Hall–Kier alpha value is -1.42. The molecule has 0 unspecified atom stereocenters. The van der Waals surface area contributed by atoms with Crippen molar-refractivity contribution < 1.29 is 17.9 Å². The largest absolute Gasteiger partial charge is 0.497 e. The van der Waals surface area contributed by atoms with Gasteiger partial charge in [-0.1, -0.05) is 13.0 Å². The van der Waals surface area contributed by atoms with Gasteiger partial charge in [-0.3, -0.25) is 4.79 Å². The molecule has 0 aliphatic carbocycles. The number of hydrogen-bond acceptors (Lipinski definition) is 5. The van der Waals surface area contributed by atoms with Crippen molar-refractivity contribution in [1.29, 1.82) is 0 Å². The molecule has 0 aliphatic heterocycles. The first-order valence-electron chi connectivity index (χ1n) is 7.06. The van der Waals surface area contributed by atoms with Gasteiger partial charge in [0.1, 0.15) is 9.96 Å². The number of likely N-dealkylation sites (N-methyl/N-ethyl adjacent to an activating group) is 1. The number of benzene rings is 1. The van der Waals surface area contributed by atoms with Crippen molar-refractivity contribution in [2.45, 2.75) is 11.1 Å². The number of carbonyl (C=O) groups excluding carboxylic acids is 1. The van der Waals surface area contributed by atoms with Crippen LogP contribution in [0.4, 0.5) is 5.69 Å². The third-order valence-corrected chi connectivity index (χ3v) is 7.18. The van der Waals surface area contributed by atoms with Crippen molar-refractivity contribution in [3.05, 3.63) is 40.2 Å². The number of nitrogens with zero attached hydrogens (tertiary/aromatic N) is 1. The van der Waals surface area contributed by atoms with Gasteiger partial charge in [-0.2, -0.15) is 4.31 Å². The number of carbonyl (C=O) groups is 1. The molecule has 130 valence electrons. The Morgan fingerprint density at radius 2 is 2.08 bits per heavy atom. The van der Waals surface area contributed by atoms with Crippen molar-refractivity contribution in [1.82, 2.24) is 4.31 Å². The van der Waals surface area contributed by atoms with Crippen LogP contribution in [-0.2, 0) is 14.8 Å². The molecular formula is C15H17BrN2O4S2. The minimum Gasteiger partial charge on any atom is -0.497 e. The Bertz CT molecular complexity index is 820. The first-order chi connectivity index (χ1) is 11.4. The van der Waals surface area contributed by atoms with Crippen LogP contribution in [0, 0.1) is 0 Å². The van der Waals surface area contributed by atoms with Crippen LogP contribution in [0.25, 0.3) is 0 Å². The van der Waals surface area contributed by atoms with Crippen LogP contribution in [0.15, 0.2) is 44.4 Å². The fourth-order valence-electron chi connectivity index (χ4n) is 1.99. The second kappa shape index (κ2) is 8.11. The molecule has 0 bridgehead atoms. The van der Waals surface area contributed by atoms with Gasteiger partial charge in [-0.15, -0.1) is 11.3 Å². The molecule has 0 saturated heterocycles. The number of hydrogen-bond donors (Lipinski definition) is 1. The molecule has 0 spiro atoms. The monoisotopic (exact) mass is 432 g/mol. The molecule has 2 rings (SSSR count). The van der Waals surface area contributed by atoms with Gasteiger partial charge in [0.05, 0.1) is 17.4 Å². The minimum atomic E-state index is -3.69. The topological polar surface area (TPSA) is 75.7 Å². The first-order valence-corrected chi connectivity index (χ1v) is 10.1. The summed E-state index contributed by atoms with van der Waals surface area (Å²) < 4.78 is 32.3. The number of methoxy groups -OCH3 is 1. The lowest BCUT2D eigenvalue weighted by molar-refractivity contribution is -0.116. The van der Waals surface area contributed by atoms with E-state index in [9.17, 15) is 13.2 Å². The van der Waals surface area contributed by atoms with E-state index in [4.69, 9.17) is 4.74 Å². The molecule has 0 fully saturated rings. The third kappa shape index (κ3) is 4.56. The molecular weight excluding hydrogens is 416 g/mol. The van der Waals surface area contributed by atoms with Gasteiger partial charge < -0.3 is 10.1 Å². The molecule has 1 N–H and O–H groups in total. The summed E-state index contributed by atoms with van der Waals surface area (Å²) in [4.78, 5) is 12.2. The van der Waals surface area contributed by atoms with E-state index < -0.39 is 15.9 Å². The first kappa shape index (κ1) is 18.9. The maximum absolute atomic E-state index is 12.6. The zero-order valence-electron chi connectivity index (χ0n) is 13.2. The third-order valence-electron chi connectivity index (χ3n) is 3.17. The smallest absolute Gasteiger partial charge is 0.253 e. The minimum absolute atomic E-state index is 0.198. The van der Waals surface area contributed by atoms with Gasteiger partial charge in [-0.25, -0.2) is 8.42 Å². The Labute approximate surface area is 153 Å². The highest BCUT2D eigenvalue weighted by Gasteiger charge is 2.26. The highest BCUT2D eigenvalue weighted by molar-refractivity contribution is 9.11. The van der Waals surface area contributed by atoms with Gasteiger partial charge in [0, 0.05) is 18.3 Å². The summed E-state index contributed by atoms with van der Waals surface area (Å²) in [6, 6.07) is 10.1. The summed E-state index contributed by atoms with van der Waals surface area (Å²) in [5.41, 5.74) is 0.548. The fourth-order valence-corrected chi connectivity index (χ4v) is 5.56. The summed E-state index contributed by atoms with van der Waals surface area (Å²) >= 11 is 4.36. The van der Waals surface area contributed by atoms with E-state index >= 15 is 0 Å². The van der Waals surface area contributed by atoms with Crippen LogP contribution in [-0.4, -0.2) is 38.8 Å². The molecule has 9 heteroatoms. The van der Waals surface area contributed by atoms with Crippen molar-refractivity contribution in [3.63, 3.8) is 0 Å². The van der Waals surface area contributed by atoms with E-state index in [2.05, 4.69) is 21.2 Å². The van der Waals surface area contributed by atoms with E-state index in [0.29, 0.717) is 11.4 Å². The standard InChI is InChI=1S/C15H17BrN2O4S2/c1-3-18(24(20,21)15-8-7-13(16)23-15)10-14(19)17-11-5-4-6-12(9-11)22-2/h4-9H,3,10H2,1-2H3,(H,17,19). The number of nitrogens with one attached hydrogen (secondary N) is 1. The molecule has 1 amide bonds. The molecule has 0 aliphatic rings. The summed E-state index contributed by atoms with van der Waals surface area (Å²) in [6.07, 6.45) is 0. The fraction of sp³-hybridized carbons (Fsp3) is 0.267. The highest BCUT2D eigenvalue weighted by Crippen LogP contribution is 2.28. The van der Waals surface area contributed by atoms with Crippen LogP contribution in [0.5, 0.6) is 5.75 Å². The SMILES string of the molecule is CCN(CC(=O)Nc1cccc(OC)c1)S(=O)(=O)c1ccc(Br)s1. The molecule has 6 nitrogen and oxygen atoms in total. The number of thiophene rings is 1. The van der Waals surface area contributed by atoms with Crippen LogP contribution >= 0.6 is 27.3 Å². The van der Waals surface area contributed by atoms with E-state index in [-0.39, 0.29) is 17.3 Å². The lowest BCUT2D eigenvalue weighted by atomic mass is 10.3. The average Bonchev–Trinajstić information content (AvgIpc) is 3.00. The van der Waals surface area contributed by atoms with Crippen LogP contribution in [0.1, 0.15) is 6.92 Å². The van der Waals surface area contributed by atoms with Gasteiger partial charge in [0.25, 0.3) is 10.0 Å². The summed E-state index contributed by atoms with van der Waals surface area (Å²) in [5.74, 6) is 0.195. The molecule has 0 saturated carbocycles. The molecule has 24 heavy (non-hydrogen) atoms. The van der Waals surface area contributed by atoms with Crippen LogP contribution < -0.4 is 10.1 Å². The zero-order valence-corrected chi connectivity index (χ0v) is 16.4. The summed E-state index contributed by atoms with van der Waals surface area (Å²) in [6.45, 7) is 1.63. The second-order valence-electron chi connectivity index (χ2n) is 4.77.